The number of aromatic nitrogens is 2. The second kappa shape index (κ2) is 16.8. The van der Waals surface area contributed by atoms with Crippen LogP contribution in [-0.4, -0.2) is 9.55 Å². The Kier molecular flexibility index (Phi) is 9.84. The van der Waals surface area contributed by atoms with E-state index in [2.05, 4.69) is 260 Å². The van der Waals surface area contributed by atoms with Crippen molar-refractivity contribution in [2.45, 2.75) is 13.3 Å². The fourth-order valence-electron chi connectivity index (χ4n) is 10.9. The molecule has 0 fully saturated rings. The van der Waals surface area contributed by atoms with E-state index in [0.717, 1.165) is 34.6 Å². The number of nitrogens with zero attached hydrogens (tertiary/aromatic N) is 2. The molecule has 0 aliphatic heterocycles. The van der Waals surface area contributed by atoms with E-state index in [4.69, 9.17) is 4.98 Å². The highest BCUT2D eigenvalue weighted by Gasteiger charge is 2.20. The first-order valence-corrected chi connectivity index (χ1v) is 24.0. The molecule has 0 saturated carbocycles. The third kappa shape index (κ3) is 6.91. The lowest BCUT2D eigenvalue weighted by molar-refractivity contribution is 1.11. The molecule has 0 N–H and O–H groups in total. The Balaban J connectivity index is 0.996. The van der Waals surface area contributed by atoms with Gasteiger partial charge in [-0.2, -0.15) is 0 Å². The number of hydrogen-bond donors (Lipinski definition) is 0. The van der Waals surface area contributed by atoms with E-state index in [9.17, 15) is 0 Å². The molecule has 0 spiro atoms. The van der Waals surface area contributed by atoms with E-state index in [1.807, 2.05) is 0 Å². The van der Waals surface area contributed by atoms with Crippen molar-refractivity contribution < 1.29 is 0 Å². The van der Waals surface area contributed by atoms with Crippen LogP contribution >= 0.6 is 0 Å². The van der Waals surface area contributed by atoms with E-state index in [-0.39, 0.29) is 0 Å². The van der Waals surface area contributed by atoms with E-state index < -0.39 is 0 Å². The Labute approximate surface area is 402 Å². The van der Waals surface area contributed by atoms with Crippen molar-refractivity contribution in [3.05, 3.63) is 254 Å². The first-order valence-electron chi connectivity index (χ1n) is 24.0. The number of rotatable bonds is 8. The van der Waals surface area contributed by atoms with Gasteiger partial charge in [-0.1, -0.05) is 219 Å². The van der Waals surface area contributed by atoms with Crippen molar-refractivity contribution in [3.63, 3.8) is 0 Å². The van der Waals surface area contributed by atoms with Gasteiger partial charge in [-0.05, 0) is 125 Å². The second-order valence-corrected chi connectivity index (χ2v) is 18.1. The quantitative estimate of drug-likeness (QED) is 0.139. The van der Waals surface area contributed by atoms with E-state index in [0.29, 0.717) is 0 Å². The van der Waals surface area contributed by atoms with Crippen molar-refractivity contribution in [2.75, 3.05) is 0 Å². The summed E-state index contributed by atoms with van der Waals surface area (Å²) in [5.41, 5.74) is 18.6. The van der Waals surface area contributed by atoms with E-state index >= 15 is 0 Å². The van der Waals surface area contributed by atoms with Crippen LogP contribution in [0.1, 0.15) is 12.5 Å². The predicted molar refractivity (Wildman–Crippen MR) is 293 cm³/mol. The number of pyridine rings is 1. The lowest BCUT2D eigenvalue weighted by Gasteiger charge is -2.18. The molecular weight excluding hydrogens is 833 g/mol. The maximum absolute atomic E-state index is 5.55. The Morgan fingerprint density at radius 1 is 0.319 bits per heavy atom. The molecule has 69 heavy (non-hydrogen) atoms. The maximum Gasteiger partial charge on any atom is 0.0747 e. The summed E-state index contributed by atoms with van der Waals surface area (Å²) in [4.78, 5) is 5.55. The van der Waals surface area contributed by atoms with Crippen LogP contribution in [0.2, 0.25) is 0 Å². The second-order valence-electron chi connectivity index (χ2n) is 18.1. The van der Waals surface area contributed by atoms with Crippen molar-refractivity contribution in [2.24, 2.45) is 0 Å². The summed E-state index contributed by atoms with van der Waals surface area (Å²) < 4.78 is 2.43. The van der Waals surface area contributed by atoms with Crippen molar-refractivity contribution in [1.29, 1.82) is 0 Å². The first kappa shape index (κ1) is 40.4. The molecule has 2 heterocycles. The van der Waals surface area contributed by atoms with E-state index in [1.165, 1.54) is 104 Å². The molecule has 11 aromatic carbocycles. The molecule has 0 bridgehead atoms. The molecular formula is C67H46N2. The van der Waals surface area contributed by atoms with Gasteiger partial charge in [-0.25, -0.2) is 4.98 Å². The molecule has 0 unspecified atom stereocenters. The standard InChI is InChI=1S/C67H46N2/c1-2-53-61(48-31-29-46(30-32-48)44-17-6-3-7-18-44)43-63(68-67(53)49-21-10-5-11-22-49)51-36-40-60-62(41-51)56-24-13-12-23-55(56)59-27-16-26-54(66(59)60)50-35-39-58-57-25-14-15-28-64(57)69(65(58)42-50)52-37-33-47(34-38-52)45-19-8-4-9-20-45/h3-43H,2H2,1H3. The van der Waals surface area contributed by atoms with Crippen LogP contribution in [0.25, 0.3) is 127 Å². The summed E-state index contributed by atoms with van der Waals surface area (Å²) in [7, 11) is 0. The van der Waals surface area contributed by atoms with Crippen molar-refractivity contribution in [3.8, 4) is 72.7 Å². The van der Waals surface area contributed by atoms with Gasteiger partial charge in [-0.3, -0.25) is 0 Å². The minimum Gasteiger partial charge on any atom is -0.309 e. The van der Waals surface area contributed by atoms with Crippen molar-refractivity contribution >= 4 is 54.1 Å². The fourth-order valence-corrected chi connectivity index (χ4v) is 10.9. The topological polar surface area (TPSA) is 17.8 Å². The average Bonchev–Trinajstić information content (AvgIpc) is 3.77. The van der Waals surface area contributed by atoms with E-state index in [1.54, 1.807) is 0 Å². The van der Waals surface area contributed by atoms with Crippen LogP contribution in [-0.2, 0) is 6.42 Å². The van der Waals surface area contributed by atoms with Crippen LogP contribution in [0.3, 0.4) is 0 Å². The lowest BCUT2D eigenvalue weighted by atomic mass is 9.88. The fraction of sp³-hybridized carbons (Fsp3) is 0.0299. The van der Waals surface area contributed by atoms with Gasteiger partial charge in [0, 0.05) is 27.6 Å². The van der Waals surface area contributed by atoms with Crippen LogP contribution in [0.5, 0.6) is 0 Å². The number of benzene rings is 11. The summed E-state index contributed by atoms with van der Waals surface area (Å²) >= 11 is 0. The number of hydrogen-bond acceptors (Lipinski definition) is 1. The summed E-state index contributed by atoms with van der Waals surface area (Å²) in [5, 5.41) is 9.91. The van der Waals surface area contributed by atoms with Gasteiger partial charge >= 0.3 is 0 Å². The van der Waals surface area contributed by atoms with Crippen LogP contribution in [0, 0.1) is 0 Å². The Morgan fingerprint density at radius 3 is 1.49 bits per heavy atom. The maximum atomic E-state index is 5.55. The van der Waals surface area contributed by atoms with Gasteiger partial charge in [0.2, 0.25) is 0 Å². The molecule has 0 atom stereocenters. The number of para-hydroxylation sites is 1. The summed E-state index contributed by atoms with van der Waals surface area (Å²) in [6.07, 6.45) is 0.859. The highest BCUT2D eigenvalue weighted by molar-refractivity contribution is 6.29. The minimum atomic E-state index is 0.859. The molecule has 0 saturated heterocycles. The van der Waals surface area contributed by atoms with Crippen LogP contribution in [0.15, 0.2) is 249 Å². The van der Waals surface area contributed by atoms with Gasteiger partial charge < -0.3 is 4.57 Å². The first-order chi connectivity index (χ1) is 34.2. The summed E-state index contributed by atoms with van der Waals surface area (Å²) in [6, 6.07) is 90.9. The Bertz CT molecular complexity index is 4060. The van der Waals surface area contributed by atoms with Gasteiger partial charge in [0.05, 0.1) is 22.4 Å². The van der Waals surface area contributed by atoms with Crippen molar-refractivity contribution in [1.82, 2.24) is 9.55 Å². The molecule has 13 aromatic rings. The van der Waals surface area contributed by atoms with Gasteiger partial charge in [-0.15, -0.1) is 0 Å². The smallest absolute Gasteiger partial charge is 0.0747 e. The SMILES string of the molecule is CCc1c(-c2ccc(-c3ccccc3)cc2)cc(-c2ccc3c(c2)c2ccccc2c2cccc(-c4ccc5c6ccccc6n(-c6ccc(-c7ccccc7)cc6)c5c4)c23)nc1-c1ccccc1. The molecule has 13 rings (SSSR count). The predicted octanol–water partition coefficient (Wildman–Crippen LogP) is 18.2. The monoisotopic (exact) mass is 878 g/mol. The van der Waals surface area contributed by atoms with Crippen LogP contribution < -0.4 is 0 Å². The summed E-state index contributed by atoms with van der Waals surface area (Å²) in [5.74, 6) is 0. The zero-order valence-electron chi connectivity index (χ0n) is 38.3. The van der Waals surface area contributed by atoms with Crippen LogP contribution in [0.4, 0.5) is 0 Å². The van der Waals surface area contributed by atoms with Gasteiger partial charge in [0.15, 0.2) is 0 Å². The third-order valence-electron chi connectivity index (χ3n) is 14.2. The normalized spacial score (nSPS) is 11.6. The number of fused-ring (bicyclic) bond motifs is 9. The van der Waals surface area contributed by atoms with Gasteiger partial charge in [0.25, 0.3) is 0 Å². The lowest BCUT2D eigenvalue weighted by Crippen LogP contribution is -1.99. The zero-order valence-corrected chi connectivity index (χ0v) is 38.3. The summed E-state index contributed by atoms with van der Waals surface area (Å²) in [6.45, 7) is 2.25. The average molecular weight is 879 g/mol. The third-order valence-corrected chi connectivity index (χ3v) is 14.2. The Hall–Kier alpha value is -8.85. The molecule has 324 valence electrons. The zero-order chi connectivity index (χ0) is 45.8. The molecule has 0 amide bonds. The minimum absolute atomic E-state index is 0.859. The molecule has 0 aliphatic rings. The molecule has 0 aliphatic carbocycles. The Morgan fingerprint density at radius 2 is 0.812 bits per heavy atom. The molecule has 0 radical (unpaired) electrons. The largest absolute Gasteiger partial charge is 0.309 e. The van der Waals surface area contributed by atoms with Gasteiger partial charge in [0.1, 0.15) is 0 Å². The highest BCUT2D eigenvalue weighted by Crippen LogP contribution is 2.44. The molecule has 2 heteroatoms. The highest BCUT2D eigenvalue weighted by atomic mass is 15.0. The molecule has 2 aromatic heterocycles. The molecule has 2 nitrogen and oxygen atoms in total.